The van der Waals surface area contributed by atoms with E-state index in [1.54, 1.807) is 30.5 Å². The Hall–Kier alpha value is -3.52. The zero-order valence-corrected chi connectivity index (χ0v) is 20.0. The lowest BCUT2D eigenvalue weighted by molar-refractivity contribution is -0.119. The molecule has 1 aliphatic heterocycles. The molecule has 3 aromatic carbocycles. The molecule has 0 saturated heterocycles. The minimum absolute atomic E-state index is 0.0462. The number of phenols is 1. The number of amides is 1. The van der Waals surface area contributed by atoms with Crippen molar-refractivity contribution in [1.29, 1.82) is 0 Å². The third-order valence-electron chi connectivity index (χ3n) is 5.89. The molecule has 0 radical (unpaired) electrons. The van der Waals surface area contributed by atoms with Crippen LogP contribution in [0.4, 0.5) is 0 Å². The number of phenolic OH excluding ortho intramolecular Hbond substituents is 1. The molecule has 178 valence electrons. The first-order valence-electron chi connectivity index (χ1n) is 10.8. The third kappa shape index (κ3) is 4.58. The van der Waals surface area contributed by atoms with Crippen LogP contribution < -0.4 is 15.2 Å². The average molecular weight is 510 g/mol. The van der Waals surface area contributed by atoms with Gasteiger partial charge in [0, 0.05) is 28.7 Å². The van der Waals surface area contributed by atoms with E-state index in [1.807, 2.05) is 41.3 Å². The van der Waals surface area contributed by atoms with Gasteiger partial charge in [0.2, 0.25) is 12.7 Å². The summed E-state index contributed by atoms with van der Waals surface area (Å²) in [4.78, 5) is 18.4. The van der Waals surface area contributed by atoms with Crippen LogP contribution in [0.2, 0.25) is 10.0 Å². The Morgan fingerprint density at radius 1 is 1.03 bits per heavy atom. The van der Waals surface area contributed by atoms with E-state index in [-0.39, 0.29) is 19.1 Å². The molecule has 0 bridgehead atoms. The number of rotatable bonds is 7. The molecule has 7 nitrogen and oxygen atoms in total. The number of aromatic hydroxyl groups is 1. The molecule has 0 saturated carbocycles. The van der Waals surface area contributed by atoms with E-state index in [0.717, 1.165) is 5.56 Å². The standard InChI is InChI=1S/C26H21Cl2N3O4/c27-19-6-2-1-4-17(19)25(18-11-20(28)16-5-3-9-30-24(16)26(18)33)31(13-23(29)32)12-15-7-8-21-22(10-15)35-14-34-21/h1-11,25,33H,12-14H2,(H2,29,32). The topological polar surface area (TPSA) is 97.9 Å². The summed E-state index contributed by atoms with van der Waals surface area (Å²) in [5, 5.41) is 12.8. The summed E-state index contributed by atoms with van der Waals surface area (Å²) >= 11 is 13.2. The van der Waals surface area contributed by atoms with E-state index < -0.39 is 11.9 Å². The zero-order valence-electron chi connectivity index (χ0n) is 18.4. The number of carbonyl (C=O) groups is 1. The second kappa shape index (κ2) is 9.62. The van der Waals surface area contributed by atoms with Crippen molar-refractivity contribution in [3.05, 3.63) is 93.6 Å². The lowest BCUT2D eigenvalue weighted by Gasteiger charge is -2.33. The largest absolute Gasteiger partial charge is 0.505 e. The Balaban J connectivity index is 1.68. The van der Waals surface area contributed by atoms with Crippen LogP contribution in [-0.4, -0.2) is 34.2 Å². The smallest absolute Gasteiger partial charge is 0.231 e. The Morgan fingerprint density at radius 2 is 1.83 bits per heavy atom. The van der Waals surface area contributed by atoms with Gasteiger partial charge in [0.1, 0.15) is 11.3 Å². The van der Waals surface area contributed by atoms with Crippen molar-refractivity contribution in [3.8, 4) is 17.2 Å². The van der Waals surface area contributed by atoms with Gasteiger partial charge in [-0.1, -0.05) is 47.5 Å². The van der Waals surface area contributed by atoms with Crippen LogP contribution in [-0.2, 0) is 11.3 Å². The van der Waals surface area contributed by atoms with Gasteiger partial charge < -0.3 is 20.3 Å². The lowest BCUT2D eigenvalue weighted by atomic mass is 9.94. The lowest BCUT2D eigenvalue weighted by Crippen LogP contribution is -2.37. The summed E-state index contributed by atoms with van der Waals surface area (Å²) in [5.41, 5.74) is 8.02. The van der Waals surface area contributed by atoms with Gasteiger partial charge in [0.25, 0.3) is 0 Å². The van der Waals surface area contributed by atoms with Crippen LogP contribution in [0.25, 0.3) is 10.9 Å². The number of benzene rings is 3. The molecule has 2 heterocycles. The fourth-order valence-electron chi connectivity index (χ4n) is 4.38. The van der Waals surface area contributed by atoms with Gasteiger partial charge in [-0.05, 0) is 47.5 Å². The second-order valence-corrected chi connectivity index (χ2v) is 8.99. The summed E-state index contributed by atoms with van der Waals surface area (Å²) < 4.78 is 10.9. The molecule has 1 amide bonds. The summed E-state index contributed by atoms with van der Waals surface area (Å²) in [6.45, 7) is 0.344. The molecule has 35 heavy (non-hydrogen) atoms. The Morgan fingerprint density at radius 3 is 2.63 bits per heavy atom. The third-order valence-corrected chi connectivity index (χ3v) is 6.54. The van der Waals surface area contributed by atoms with Gasteiger partial charge in [0.15, 0.2) is 11.5 Å². The summed E-state index contributed by atoms with van der Waals surface area (Å²) in [7, 11) is 0. The first-order chi connectivity index (χ1) is 16.9. The van der Waals surface area contributed by atoms with Crippen molar-refractivity contribution in [3.63, 3.8) is 0 Å². The summed E-state index contributed by atoms with van der Waals surface area (Å²) in [6.07, 6.45) is 1.58. The van der Waals surface area contributed by atoms with Crippen LogP contribution in [0.5, 0.6) is 17.2 Å². The number of carbonyl (C=O) groups excluding carboxylic acids is 1. The maximum Gasteiger partial charge on any atom is 0.231 e. The van der Waals surface area contributed by atoms with E-state index >= 15 is 0 Å². The molecule has 1 aromatic heterocycles. The average Bonchev–Trinajstić information content (AvgIpc) is 3.31. The molecular formula is C26H21Cl2N3O4. The highest BCUT2D eigenvalue weighted by molar-refractivity contribution is 6.35. The number of nitrogens with zero attached hydrogens (tertiary/aromatic N) is 2. The Labute approximate surface area is 211 Å². The second-order valence-electron chi connectivity index (χ2n) is 8.18. The van der Waals surface area contributed by atoms with E-state index in [4.69, 9.17) is 38.4 Å². The molecule has 1 atom stereocenters. The van der Waals surface area contributed by atoms with Gasteiger partial charge in [-0.25, -0.2) is 0 Å². The van der Waals surface area contributed by atoms with Crippen molar-refractivity contribution in [2.45, 2.75) is 12.6 Å². The van der Waals surface area contributed by atoms with E-state index in [0.29, 0.717) is 50.1 Å². The summed E-state index contributed by atoms with van der Waals surface area (Å²) in [6, 6.07) is 17.4. The number of pyridine rings is 1. The molecule has 0 fully saturated rings. The molecule has 0 spiro atoms. The number of hydrogen-bond acceptors (Lipinski definition) is 6. The van der Waals surface area contributed by atoms with Gasteiger partial charge >= 0.3 is 0 Å². The molecule has 1 aliphatic rings. The fraction of sp³-hybridized carbons (Fsp3) is 0.154. The Bertz CT molecular complexity index is 1430. The van der Waals surface area contributed by atoms with Gasteiger partial charge in [-0.15, -0.1) is 0 Å². The van der Waals surface area contributed by atoms with Gasteiger partial charge in [-0.2, -0.15) is 0 Å². The highest BCUT2D eigenvalue weighted by atomic mass is 35.5. The van der Waals surface area contributed by atoms with Crippen molar-refractivity contribution >= 4 is 40.0 Å². The maximum atomic E-state index is 12.2. The minimum atomic E-state index is -0.662. The van der Waals surface area contributed by atoms with Gasteiger partial charge in [-0.3, -0.25) is 14.7 Å². The van der Waals surface area contributed by atoms with Crippen LogP contribution in [0.3, 0.4) is 0 Å². The summed E-state index contributed by atoms with van der Waals surface area (Å²) in [5.74, 6) is 0.696. The van der Waals surface area contributed by atoms with Gasteiger partial charge in [0.05, 0.1) is 17.6 Å². The first-order valence-corrected chi connectivity index (χ1v) is 11.6. The quantitative estimate of drug-likeness (QED) is 0.361. The van der Waals surface area contributed by atoms with Crippen LogP contribution >= 0.6 is 23.2 Å². The molecule has 3 N–H and O–H groups in total. The first kappa shape index (κ1) is 23.2. The van der Waals surface area contributed by atoms with E-state index in [2.05, 4.69) is 4.98 Å². The highest BCUT2D eigenvalue weighted by Crippen LogP contribution is 2.43. The number of ether oxygens (including phenoxy) is 2. The number of nitrogens with two attached hydrogens (primary N) is 1. The van der Waals surface area contributed by atoms with Crippen molar-refractivity contribution in [2.24, 2.45) is 5.73 Å². The molecular weight excluding hydrogens is 489 g/mol. The van der Waals surface area contributed by atoms with Crippen LogP contribution in [0.1, 0.15) is 22.7 Å². The predicted octanol–water partition coefficient (Wildman–Crippen LogP) is 5.05. The number of halogens is 2. The zero-order chi connectivity index (χ0) is 24.5. The molecule has 4 aromatic rings. The number of hydrogen-bond donors (Lipinski definition) is 2. The van der Waals surface area contributed by atoms with Crippen LogP contribution in [0, 0.1) is 0 Å². The molecule has 0 aliphatic carbocycles. The van der Waals surface area contributed by atoms with Crippen molar-refractivity contribution < 1.29 is 19.4 Å². The minimum Gasteiger partial charge on any atom is -0.505 e. The maximum absolute atomic E-state index is 12.2. The molecule has 1 unspecified atom stereocenters. The van der Waals surface area contributed by atoms with E-state index in [9.17, 15) is 9.90 Å². The highest BCUT2D eigenvalue weighted by Gasteiger charge is 2.30. The number of fused-ring (bicyclic) bond motifs is 2. The monoisotopic (exact) mass is 509 g/mol. The number of aromatic nitrogens is 1. The normalized spacial score (nSPS) is 13.3. The van der Waals surface area contributed by atoms with Crippen molar-refractivity contribution in [1.82, 2.24) is 9.88 Å². The SMILES string of the molecule is NC(=O)CN(Cc1ccc2c(c1)OCO2)C(c1ccccc1Cl)c1cc(Cl)c2cccnc2c1O. The predicted molar refractivity (Wildman–Crippen MR) is 134 cm³/mol. The van der Waals surface area contributed by atoms with E-state index in [1.165, 1.54) is 0 Å². The number of primary amides is 1. The molecule has 5 rings (SSSR count). The molecule has 9 heteroatoms. The van der Waals surface area contributed by atoms with Crippen molar-refractivity contribution in [2.75, 3.05) is 13.3 Å². The Kier molecular flexibility index (Phi) is 6.38. The fourth-order valence-corrected chi connectivity index (χ4v) is 4.89. The van der Waals surface area contributed by atoms with Crippen LogP contribution in [0.15, 0.2) is 66.9 Å².